The van der Waals surface area contributed by atoms with Crippen molar-refractivity contribution in [3.05, 3.63) is 0 Å². The molecule has 0 heterocycles. The Labute approximate surface area is 65.6 Å². The van der Waals surface area contributed by atoms with Gasteiger partial charge in [0.25, 0.3) is 0 Å². The molecule has 0 aliphatic rings. The maximum atomic E-state index is 8.77. The number of halogens is 1. The molecular formula is C6H13ClO3. The van der Waals surface area contributed by atoms with Gasteiger partial charge in [-0.15, -0.1) is 0 Å². The lowest BCUT2D eigenvalue weighted by Crippen LogP contribution is -2.21. The molecule has 0 fully saturated rings. The van der Waals surface area contributed by atoms with Crippen LogP contribution in [0.5, 0.6) is 0 Å². The molecule has 3 nitrogen and oxygen atoms in total. The number of aliphatic hydroxyl groups is 2. The third-order valence-corrected chi connectivity index (χ3v) is 1.44. The minimum atomic E-state index is -0.812. The highest BCUT2D eigenvalue weighted by Crippen LogP contribution is 2.02. The second-order valence-electron chi connectivity index (χ2n) is 1.99. The summed E-state index contributed by atoms with van der Waals surface area (Å²) in [5.74, 6) is 0. The van der Waals surface area contributed by atoms with E-state index < -0.39 is 6.10 Å². The van der Waals surface area contributed by atoms with Crippen LogP contribution in [-0.4, -0.2) is 35.1 Å². The number of hydrogen-bond acceptors (Lipinski definition) is 3. The molecule has 4 heteroatoms. The van der Waals surface area contributed by atoms with Gasteiger partial charge in [0, 0.05) is 0 Å². The molecule has 0 aromatic heterocycles. The summed E-state index contributed by atoms with van der Waals surface area (Å²) in [5, 5.41) is 17.1. The average Bonchev–Trinajstić information content (AvgIpc) is 1.99. The van der Waals surface area contributed by atoms with E-state index in [1.54, 1.807) is 0 Å². The van der Waals surface area contributed by atoms with Crippen molar-refractivity contribution >= 4 is 11.6 Å². The van der Waals surface area contributed by atoms with Gasteiger partial charge < -0.3 is 14.9 Å². The van der Waals surface area contributed by atoms with Crippen LogP contribution in [0.15, 0.2) is 0 Å². The standard InChI is InChI=1S/C6H13ClO3/c1-2-6(7)10-4-5(9)3-8/h5-6,8-9H,2-4H2,1H3. The van der Waals surface area contributed by atoms with Crippen LogP contribution in [-0.2, 0) is 4.74 Å². The van der Waals surface area contributed by atoms with Crippen LogP contribution in [0.4, 0.5) is 0 Å². The molecule has 0 amide bonds. The molecule has 0 spiro atoms. The Hall–Kier alpha value is 0.170. The third-order valence-electron chi connectivity index (χ3n) is 1.00. The Bertz CT molecular complexity index is 69.4. The maximum absolute atomic E-state index is 8.77. The summed E-state index contributed by atoms with van der Waals surface area (Å²) in [6, 6.07) is 0. The van der Waals surface area contributed by atoms with Gasteiger partial charge in [0.1, 0.15) is 11.7 Å². The van der Waals surface area contributed by atoms with Crippen molar-refractivity contribution in [2.45, 2.75) is 25.0 Å². The van der Waals surface area contributed by atoms with Crippen LogP contribution in [0, 0.1) is 0 Å². The largest absolute Gasteiger partial charge is 0.394 e. The van der Waals surface area contributed by atoms with Gasteiger partial charge in [-0.05, 0) is 6.42 Å². The minimum Gasteiger partial charge on any atom is -0.394 e. The van der Waals surface area contributed by atoms with Crippen LogP contribution in [0.2, 0.25) is 0 Å². The fourth-order valence-corrected chi connectivity index (χ4v) is 0.459. The maximum Gasteiger partial charge on any atom is 0.131 e. The predicted molar refractivity (Wildman–Crippen MR) is 39.0 cm³/mol. The molecule has 2 N–H and O–H groups in total. The Morgan fingerprint density at radius 2 is 2.20 bits per heavy atom. The monoisotopic (exact) mass is 168 g/mol. The summed E-state index contributed by atoms with van der Waals surface area (Å²) in [7, 11) is 0. The van der Waals surface area contributed by atoms with Gasteiger partial charge in [-0.25, -0.2) is 0 Å². The summed E-state index contributed by atoms with van der Waals surface area (Å²) in [6.45, 7) is 1.69. The molecule has 10 heavy (non-hydrogen) atoms. The normalized spacial score (nSPS) is 16.8. The fourth-order valence-electron chi connectivity index (χ4n) is 0.386. The quantitative estimate of drug-likeness (QED) is 0.582. The van der Waals surface area contributed by atoms with Crippen LogP contribution in [0.25, 0.3) is 0 Å². The Morgan fingerprint density at radius 3 is 2.60 bits per heavy atom. The first kappa shape index (κ1) is 10.2. The second kappa shape index (κ2) is 5.92. The molecule has 0 bridgehead atoms. The van der Waals surface area contributed by atoms with Crippen molar-refractivity contribution in [3.8, 4) is 0 Å². The Morgan fingerprint density at radius 1 is 1.60 bits per heavy atom. The van der Waals surface area contributed by atoms with Crippen molar-refractivity contribution in [2.24, 2.45) is 0 Å². The molecule has 0 radical (unpaired) electrons. The van der Waals surface area contributed by atoms with Gasteiger partial charge in [-0.3, -0.25) is 0 Å². The summed E-state index contributed by atoms with van der Waals surface area (Å²) >= 11 is 5.55. The Kier molecular flexibility index (Phi) is 6.02. The highest BCUT2D eigenvalue weighted by atomic mass is 35.5. The zero-order valence-corrected chi connectivity index (χ0v) is 6.71. The van der Waals surface area contributed by atoms with Gasteiger partial charge >= 0.3 is 0 Å². The molecule has 0 saturated carbocycles. The van der Waals surface area contributed by atoms with Crippen LogP contribution >= 0.6 is 11.6 Å². The molecule has 0 aliphatic carbocycles. The summed E-state index contributed by atoms with van der Waals surface area (Å²) in [6.07, 6.45) is -0.118. The van der Waals surface area contributed by atoms with E-state index >= 15 is 0 Å². The number of alkyl halides is 1. The Balaban J connectivity index is 3.17. The molecule has 62 valence electrons. The third kappa shape index (κ3) is 4.99. The van der Waals surface area contributed by atoms with Crippen molar-refractivity contribution in [1.82, 2.24) is 0 Å². The minimum absolute atomic E-state index is 0.0957. The zero-order valence-electron chi connectivity index (χ0n) is 5.96. The molecular weight excluding hydrogens is 156 g/mol. The van der Waals surface area contributed by atoms with Crippen molar-refractivity contribution in [1.29, 1.82) is 0 Å². The number of rotatable bonds is 5. The van der Waals surface area contributed by atoms with E-state index in [2.05, 4.69) is 0 Å². The van der Waals surface area contributed by atoms with E-state index in [1.807, 2.05) is 6.92 Å². The van der Waals surface area contributed by atoms with Gasteiger partial charge in [0.2, 0.25) is 0 Å². The molecule has 0 aromatic rings. The molecule has 0 aromatic carbocycles. The topological polar surface area (TPSA) is 49.7 Å². The summed E-state index contributed by atoms with van der Waals surface area (Å²) < 4.78 is 4.90. The van der Waals surface area contributed by atoms with E-state index in [0.717, 1.165) is 0 Å². The van der Waals surface area contributed by atoms with Gasteiger partial charge in [0.05, 0.1) is 13.2 Å². The van der Waals surface area contributed by atoms with E-state index in [1.165, 1.54) is 0 Å². The number of aliphatic hydroxyl groups excluding tert-OH is 2. The van der Waals surface area contributed by atoms with Crippen LogP contribution in [0.1, 0.15) is 13.3 Å². The van der Waals surface area contributed by atoms with Crippen molar-refractivity contribution in [2.75, 3.05) is 13.2 Å². The van der Waals surface area contributed by atoms with Gasteiger partial charge in [-0.2, -0.15) is 0 Å². The lowest BCUT2D eigenvalue weighted by Gasteiger charge is -2.10. The molecule has 2 unspecified atom stereocenters. The molecule has 0 aliphatic heterocycles. The highest BCUT2D eigenvalue weighted by molar-refractivity contribution is 6.19. The van der Waals surface area contributed by atoms with Gasteiger partial charge in [0.15, 0.2) is 0 Å². The zero-order chi connectivity index (χ0) is 7.98. The first-order valence-electron chi connectivity index (χ1n) is 3.25. The van der Waals surface area contributed by atoms with E-state index in [-0.39, 0.29) is 18.8 Å². The lowest BCUT2D eigenvalue weighted by atomic mass is 10.4. The number of hydrogen-bond donors (Lipinski definition) is 2. The summed E-state index contributed by atoms with van der Waals surface area (Å²) in [5.41, 5.74) is -0.360. The molecule has 0 saturated heterocycles. The molecule has 0 rings (SSSR count). The van der Waals surface area contributed by atoms with E-state index in [0.29, 0.717) is 6.42 Å². The SMILES string of the molecule is CCC(Cl)OCC(O)CO. The fraction of sp³-hybridized carbons (Fsp3) is 1.00. The summed E-state index contributed by atoms with van der Waals surface area (Å²) in [4.78, 5) is 0. The highest BCUT2D eigenvalue weighted by Gasteiger charge is 2.05. The van der Waals surface area contributed by atoms with Crippen molar-refractivity contribution < 1.29 is 14.9 Å². The average molecular weight is 169 g/mol. The first-order valence-corrected chi connectivity index (χ1v) is 3.69. The second-order valence-corrected chi connectivity index (χ2v) is 2.47. The van der Waals surface area contributed by atoms with E-state index in [9.17, 15) is 0 Å². The van der Waals surface area contributed by atoms with Crippen molar-refractivity contribution in [3.63, 3.8) is 0 Å². The van der Waals surface area contributed by atoms with Crippen LogP contribution < -0.4 is 0 Å². The van der Waals surface area contributed by atoms with Crippen LogP contribution in [0.3, 0.4) is 0 Å². The first-order chi connectivity index (χ1) is 4.70. The van der Waals surface area contributed by atoms with Gasteiger partial charge in [-0.1, -0.05) is 18.5 Å². The smallest absolute Gasteiger partial charge is 0.131 e. The number of ether oxygens (including phenoxy) is 1. The molecule has 2 atom stereocenters. The van der Waals surface area contributed by atoms with E-state index in [4.69, 9.17) is 26.6 Å². The lowest BCUT2D eigenvalue weighted by molar-refractivity contribution is -0.00506. The predicted octanol–water partition coefficient (Wildman–Crippen LogP) is 0.331.